The van der Waals surface area contributed by atoms with E-state index in [0.717, 1.165) is 22.4 Å². The summed E-state index contributed by atoms with van der Waals surface area (Å²) >= 11 is 17.3. The van der Waals surface area contributed by atoms with Crippen LogP contribution in [-0.2, 0) is 4.79 Å². The van der Waals surface area contributed by atoms with E-state index in [0.29, 0.717) is 21.6 Å². The molecule has 29 heavy (non-hydrogen) atoms. The zero-order valence-corrected chi connectivity index (χ0v) is 18.1. The number of halogens is 2. The summed E-state index contributed by atoms with van der Waals surface area (Å²) in [6.07, 6.45) is 2.92. The number of aryl methyl sites for hydroxylation is 2. The van der Waals surface area contributed by atoms with Gasteiger partial charge in [-0.25, -0.2) is 0 Å². The van der Waals surface area contributed by atoms with Gasteiger partial charge in [0, 0.05) is 27.4 Å². The zero-order chi connectivity index (χ0) is 21.0. The van der Waals surface area contributed by atoms with Crippen LogP contribution < -0.4 is 10.6 Å². The van der Waals surface area contributed by atoms with Crippen LogP contribution in [0.15, 0.2) is 59.0 Å². The number of carbonyl (C=O) groups excluding carboxylic acids is 1. The van der Waals surface area contributed by atoms with Crippen molar-refractivity contribution >= 4 is 58.2 Å². The lowest BCUT2D eigenvalue weighted by molar-refractivity contribution is -0.115. The highest BCUT2D eigenvalue weighted by Crippen LogP contribution is 2.27. The molecule has 0 spiro atoms. The molecule has 0 atom stereocenters. The highest BCUT2D eigenvalue weighted by molar-refractivity contribution is 7.80. The van der Waals surface area contributed by atoms with Crippen LogP contribution in [-0.4, -0.2) is 11.0 Å². The van der Waals surface area contributed by atoms with Gasteiger partial charge >= 0.3 is 0 Å². The second-order valence-corrected chi connectivity index (χ2v) is 7.65. The number of hydrogen-bond donors (Lipinski definition) is 2. The first-order valence-electron chi connectivity index (χ1n) is 8.74. The van der Waals surface area contributed by atoms with Crippen molar-refractivity contribution in [2.24, 2.45) is 0 Å². The quantitative estimate of drug-likeness (QED) is 0.361. The van der Waals surface area contributed by atoms with E-state index in [-0.39, 0.29) is 11.0 Å². The lowest BCUT2D eigenvalue weighted by atomic mass is 10.1. The van der Waals surface area contributed by atoms with Crippen LogP contribution in [0, 0.1) is 13.8 Å². The third kappa shape index (κ3) is 5.70. The Kier molecular flexibility index (Phi) is 6.75. The van der Waals surface area contributed by atoms with Gasteiger partial charge in [0.05, 0.1) is 0 Å². The molecular weight excluding hydrogens is 427 g/mol. The molecule has 0 saturated heterocycles. The largest absolute Gasteiger partial charge is 0.457 e. The normalized spacial score (nSPS) is 10.9. The Morgan fingerprint density at radius 3 is 2.55 bits per heavy atom. The molecule has 0 fully saturated rings. The van der Waals surface area contributed by atoms with E-state index in [9.17, 15) is 4.79 Å². The molecule has 2 aromatic carbocycles. The maximum atomic E-state index is 12.1. The van der Waals surface area contributed by atoms with Crippen LogP contribution in [0.1, 0.15) is 16.9 Å². The minimum absolute atomic E-state index is 0.180. The van der Waals surface area contributed by atoms with Gasteiger partial charge in [0.25, 0.3) is 0 Å². The molecule has 148 valence electrons. The van der Waals surface area contributed by atoms with E-state index in [1.54, 1.807) is 24.3 Å². The van der Waals surface area contributed by atoms with Crippen molar-refractivity contribution in [1.82, 2.24) is 5.32 Å². The van der Waals surface area contributed by atoms with Gasteiger partial charge in [-0.15, -0.1) is 0 Å². The minimum atomic E-state index is -0.376. The van der Waals surface area contributed by atoms with Crippen molar-refractivity contribution in [2.75, 3.05) is 5.32 Å². The summed E-state index contributed by atoms with van der Waals surface area (Å²) in [6.45, 7) is 3.85. The van der Waals surface area contributed by atoms with Crippen molar-refractivity contribution in [3.63, 3.8) is 0 Å². The Bertz CT molecular complexity index is 1110. The van der Waals surface area contributed by atoms with Crippen LogP contribution in [0.4, 0.5) is 5.69 Å². The molecule has 0 aliphatic heterocycles. The smallest absolute Gasteiger partial charge is 0.250 e. The maximum Gasteiger partial charge on any atom is 0.250 e. The highest BCUT2D eigenvalue weighted by atomic mass is 35.5. The van der Waals surface area contributed by atoms with Gasteiger partial charge in [-0.05, 0) is 73.6 Å². The molecule has 7 heteroatoms. The number of amides is 1. The van der Waals surface area contributed by atoms with Gasteiger partial charge in [-0.1, -0.05) is 41.4 Å². The second-order valence-electron chi connectivity index (χ2n) is 6.40. The molecule has 1 aromatic heterocycles. The molecule has 0 unspecified atom stereocenters. The molecule has 0 bridgehead atoms. The number of furan rings is 1. The lowest BCUT2D eigenvalue weighted by Gasteiger charge is -2.11. The predicted octanol–water partition coefficient (Wildman–Crippen LogP) is 6.40. The molecule has 0 aliphatic rings. The number of thiocarbonyl (C=S) groups is 1. The average molecular weight is 445 g/mol. The van der Waals surface area contributed by atoms with Crippen molar-refractivity contribution in [3.05, 3.63) is 81.5 Å². The van der Waals surface area contributed by atoms with E-state index in [4.69, 9.17) is 39.8 Å². The van der Waals surface area contributed by atoms with E-state index < -0.39 is 0 Å². The lowest BCUT2D eigenvalue weighted by Crippen LogP contribution is -2.33. The Labute approximate surface area is 184 Å². The first kappa shape index (κ1) is 21.1. The number of anilines is 1. The zero-order valence-electron chi connectivity index (χ0n) is 15.8. The van der Waals surface area contributed by atoms with Crippen molar-refractivity contribution < 1.29 is 9.21 Å². The van der Waals surface area contributed by atoms with Crippen LogP contribution in [0.2, 0.25) is 10.0 Å². The van der Waals surface area contributed by atoms with Crippen molar-refractivity contribution in [3.8, 4) is 11.3 Å². The van der Waals surface area contributed by atoms with E-state index >= 15 is 0 Å². The fourth-order valence-corrected chi connectivity index (χ4v) is 3.10. The average Bonchev–Trinajstić information content (AvgIpc) is 3.14. The summed E-state index contributed by atoms with van der Waals surface area (Å²) in [7, 11) is 0. The highest BCUT2D eigenvalue weighted by Gasteiger charge is 2.07. The summed E-state index contributed by atoms with van der Waals surface area (Å²) in [6, 6.07) is 14.7. The Morgan fingerprint density at radius 2 is 1.79 bits per heavy atom. The third-order valence-electron chi connectivity index (χ3n) is 4.17. The molecule has 0 aliphatic carbocycles. The molecule has 2 N–H and O–H groups in total. The summed E-state index contributed by atoms with van der Waals surface area (Å²) < 4.78 is 5.76. The summed E-state index contributed by atoms with van der Waals surface area (Å²) in [5.74, 6) is 0.829. The monoisotopic (exact) mass is 444 g/mol. The standard InChI is InChI=1S/C22H18Cl2N2O2S/c1-13-3-5-15(11-18(13)24)20-9-7-17(28-20)8-10-21(27)26-22(29)25-19-12-16(23)6-4-14(19)2/h3-12H,1-2H3,(H2,25,26,27,29)/b10-8+. The van der Waals surface area contributed by atoms with Crippen LogP contribution in [0.5, 0.6) is 0 Å². The number of nitrogens with one attached hydrogen (secondary N) is 2. The van der Waals surface area contributed by atoms with Crippen LogP contribution in [0.3, 0.4) is 0 Å². The van der Waals surface area contributed by atoms with Gasteiger partial charge in [-0.2, -0.15) is 0 Å². The van der Waals surface area contributed by atoms with Crippen molar-refractivity contribution in [1.29, 1.82) is 0 Å². The summed E-state index contributed by atoms with van der Waals surface area (Å²) in [4.78, 5) is 12.1. The first-order chi connectivity index (χ1) is 13.8. The Morgan fingerprint density at radius 1 is 1.03 bits per heavy atom. The first-order valence-corrected chi connectivity index (χ1v) is 9.91. The molecule has 0 saturated carbocycles. The predicted molar refractivity (Wildman–Crippen MR) is 123 cm³/mol. The fourth-order valence-electron chi connectivity index (χ4n) is 2.54. The topological polar surface area (TPSA) is 54.3 Å². The summed E-state index contributed by atoms with van der Waals surface area (Å²) in [5.41, 5.74) is 3.56. The Hall–Kier alpha value is -2.60. The van der Waals surface area contributed by atoms with Crippen LogP contribution >= 0.6 is 35.4 Å². The van der Waals surface area contributed by atoms with Gasteiger partial charge in [0.2, 0.25) is 5.91 Å². The molecule has 1 heterocycles. The second kappa shape index (κ2) is 9.27. The molecule has 1 amide bonds. The number of carbonyl (C=O) groups is 1. The maximum absolute atomic E-state index is 12.1. The molecule has 3 aromatic rings. The van der Waals surface area contributed by atoms with Gasteiger partial charge < -0.3 is 9.73 Å². The molecule has 4 nitrogen and oxygen atoms in total. The van der Waals surface area contributed by atoms with E-state index in [2.05, 4.69) is 10.6 Å². The number of rotatable bonds is 4. The number of hydrogen-bond acceptors (Lipinski definition) is 3. The summed E-state index contributed by atoms with van der Waals surface area (Å²) in [5, 5.41) is 6.98. The molecule has 0 radical (unpaired) electrons. The number of benzene rings is 2. The molecular formula is C22H18Cl2N2O2S. The van der Waals surface area contributed by atoms with E-state index in [1.807, 2.05) is 44.2 Å². The van der Waals surface area contributed by atoms with E-state index in [1.165, 1.54) is 6.08 Å². The van der Waals surface area contributed by atoms with Gasteiger partial charge in [0.15, 0.2) is 5.11 Å². The van der Waals surface area contributed by atoms with Gasteiger partial charge in [-0.3, -0.25) is 10.1 Å². The molecule has 3 rings (SSSR count). The fraction of sp³-hybridized carbons (Fsp3) is 0.0909. The SMILES string of the molecule is Cc1ccc(-c2ccc(/C=C/C(=O)NC(=S)Nc3cc(Cl)ccc3C)o2)cc1Cl. The van der Waals surface area contributed by atoms with Crippen LogP contribution in [0.25, 0.3) is 17.4 Å². The van der Waals surface area contributed by atoms with Crippen molar-refractivity contribution in [2.45, 2.75) is 13.8 Å². The third-order valence-corrected chi connectivity index (χ3v) is 5.01. The Balaban J connectivity index is 1.60. The minimum Gasteiger partial charge on any atom is -0.457 e. The van der Waals surface area contributed by atoms with Gasteiger partial charge in [0.1, 0.15) is 11.5 Å².